The number of fused-ring (bicyclic) bond motifs is 1. The average Bonchev–Trinajstić information content (AvgIpc) is 3.12. The molecule has 33 heavy (non-hydrogen) atoms. The van der Waals surface area contributed by atoms with Gasteiger partial charge < -0.3 is 4.74 Å². The standard InChI is InChI=1S/C24H19N3O5S/c1-15-21(23(29)32-2)19(12-11-16-7-4-3-5-8-16)26-22(28)20(33-24(26)25-15)14-17-9-6-10-18(13-17)27(30)31/h3-14,19H,1-2H3. The van der Waals surface area contributed by atoms with Crippen LogP contribution in [0.3, 0.4) is 0 Å². The highest BCUT2D eigenvalue weighted by Gasteiger charge is 2.30. The van der Waals surface area contributed by atoms with Crippen molar-refractivity contribution in [3.05, 3.63) is 113 Å². The third-order valence-electron chi connectivity index (χ3n) is 5.12. The van der Waals surface area contributed by atoms with Crippen LogP contribution in [0.15, 0.2) is 81.7 Å². The summed E-state index contributed by atoms with van der Waals surface area (Å²) in [5, 5.41) is 11.1. The third-order valence-corrected chi connectivity index (χ3v) is 6.10. The molecule has 0 radical (unpaired) electrons. The van der Waals surface area contributed by atoms with Gasteiger partial charge in [0.25, 0.3) is 11.2 Å². The van der Waals surface area contributed by atoms with Crippen molar-refractivity contribution in [2.45, 2.75) is 13.0 Å². The Morgan fingerprint density at radius 3 is 2.61 bits per heavy atom. The summed E-state index contributed by atoms with van der Waals surface area (Å²) in [6, 6.07) is 14.8. The minimum atomic E-state index is -0.707. The zero-order chi connectivity index (χ0) is 23.5. The number of hydrogen-bond acceptors (Lipinski definition) is 7. The highest BCUT2D eigenvalue weighted by molar-refractivity contribution is 7.07. The van der Waals surface area contributed by atoms with E-state index in [9.17, 15) is 19.7 Å². The van der Waals surface area contributed by atoms with Gasteiger partial charge in [0.2, 0.25) is 0 Å². The second-order valence-corrected chi connectivity index (χ2v) is 8.25. The normalized spacial score (nSPS) is 15.9. The summed E-state index contributed by atoms with van der Waals surface area (Å²) >= 11 is 1.16. The number of ether oxygens (including phenoxy) is 1. The molecule has 3 aromatic rings. The molecule has 0 aliphatic carbocycles. The molecule has 8 nitrogen and oxygen atoms in total. The van der Waals surface area contributed by atoms with Crippen molar-refractivity contribution in [1.29, 1.82) is 0 Å². The Labute approximate surface area is 192 Å². The van der Waals surface area contributed by atoms with E-state index in [0.29, 0.717) is 20.6 Å². The van der Waals surface area contributed by atoms with Crippen LogP contribution in [0.2, 0.25) is 0 Å². The van der Waals surface area contributed by atoms with Crippen LogP contribution in [0.25, 0.3) is 12.2 Å². The molecular formula is C24H19N3O5S. The molecule has 2 aromatic carbocycles. The Morgan fingerprint density at radius 2 is 1.91 bits per heavy atom. The molecule has 0 bridgehead atoms. The van der Waals surface area contributed by atoms with Gasteiger partial charge in [0.1, 0.15) is 0 Å². The number of benzene rings is 2. The molecule has 0 spiro atoms. The lowest BCUT2D eigenvalue weighted by molar-refractivity contribution is -0.384. The van der Waals surface area contributed by atoms with Crippen LogP contribution in [0.5, 0.6) is 0 Å². The Balaban J connectivity index is 1.88. The third kappa shape index (κ3) is 4.44. The van der Waals surface area contributed by atoms with Crippen LogP contribution in [0.4, 0.5) is 5.69 Å². The van der Waals surface area contributed by atoms with E-state index in [1.165, 1.54) is 23.8 Å². The van der Waals surface area contributed by atoms with Gasteiger partial charge in [0.05, 0.1) is 33.9 Å². The van der Waals surface area contributed by atoms with Gasteiger partial charge in [0.15, 0.2) is 4.80 Å². The minimum Gasteiger partial charge on any atom is -0.466 e. The molecule has 9 heteroatoms. The summed E-state index contributed by atoms with van der Waals surface area (Å²) < 4.78 is 6.76. The highest BCUT2D eigenvalue weighted by atomic mass is 32.1. The first-order chi connectivity index (χ1) is 15.9. The number of hydrogen-bond donors (Lipinski definition) is 0. The molecule has 1 atom stereocenters. The van der Waals surface area contributed by atoms with E-state index in [1.54, 1.807) is 31.2 Å². The predicted octanol–water partition coefficient (Wildman–Crippen LogP) is 2.98. The van der Waals surface area contributed by atoms with E-state index in [1.807, 2.05) is 36.4 Å². The SMILES string of the molecule is COC(=O)C1=C(C)N=c2sc(=Cc3cccc([N+](=O)[O-])c3)c(=O)n2C1C=Cc1ccccc1. The number of thiazole rings is 1. The van der Waals surface area contributed by atoms with Crippen molar-refractivity contribution in [2.75, 3.05) is 7.11 Å². The van der Waals surface area contributed by atoms with Gasteiger partial charge in [-0.05, 0) is 24.1 Å². The fourth-order valence-electron chi connectivity index (χ4n) is 3.56. The van der Waals surface area contributed by atoms with Gasteiger partial charge in [-0.2, -0.15) is 0 Å². The van der Waals surface area contributed by atoms with Gasteiger partial charge >= 0.3 is 5.97 Å². The molecular weight excluding hydrogens is 442 g/mol. The van der Waals surface area contributed by atoms with E-state index in [2.05, 4.69) is 4.99 Å². The number of nitro groups is 1. The minimum absolute atomic E-state index is 0.0657. The number of carbonyl (C=O) groups excluding carboxylic acids is 1. The lowest BCUT2D eigenvalue weighted by atomic mass is 10.0. The molecule has 1 unspecified atom stereocenters. The van der Waals surface area contributed by atoms with E-state index >= 15 is 0 Å². The molecule has 4 rings (SSSR count). The molecule has 1 aliphatic heterocycles. The maximum atomic E-state index is 13.4. The van der Waals surface area contributed by atoms with E-state index in [4.69, 9.17) is 4.74 Å². The number of non-ortho nitro benzene ring substituents is 1. The highest BCUT2D eigenvalue weighted by Crippen LogP contribution is 2.26. The van der Waals surface area contributed by atoms with E-state index in [0.717, 1.165) is 16.9 Å². The largest absolute Gasteiger partial charge is 0.466 e. The smallest absolute Gasteiger partial charge is 0.338 e. The lowest BCUT2D eigenvalue weighted by Crippen LogP contribution is -2.38. The van der Waals surface area contributed by atoms with E-state index < -0.39 is 16.9 Å². The summed E-state index contributed by atoms with van der Waals surface area (Å²) in [7, 11) is 1.29. The van der Waals surface area contributed by atoms with Crippen molar-refractivity contribution in [2.24, 2.45) is 4.99 Å². The first-order valence-corrected chi connectivity index (χ1v) is 10.8. The lowest BCUT2D eigenvalue weighted by Gasteiger charge is -2.21. The van der Waals surface area contributed by atoms with E-state index in [-0.39, 0.29) is 16.8 Å². The van der Waals surface area contributed by atoms with Crippen molar-refractivity contribution >= 4 is 35.1 Å². The predicted molar refractivity (Wildman–Crippen MR) is 125 cm³/mol. The van der Waals surface area contributed by atoms with Gasteiger partial charge in [-0.25, -0.2) is 9.79 Å². The molecule has 166 valence electrons. The number of rotatable bonds is 5. The second-order valence-electron chi connectivity index (χ2n) is 7.24. The van der Waals surface area contributed by atoms with Crippen LogP contribution in [-0.4, -0.2) is 22.6 Å². The first kappa shape index (κ1) is 22.1. The van der Waals surface area contributed by atoms with Crippen LogP contribution in [0, 0.1) is 10.1 Å². The number of esters is 1. The van der Waals surface area contributed by atoms with Crippen LogP contribution >= 0.6 is 11.3 Å². The molecule has 0 N–H and O–H groups in total. The molecule has 0 saturated carbocycles. The maximum absolute atomic E-state index is 13.4. The topological polar surface area (TPSA) is 104 Å². The van der Waals surface area contributed by atoms with Crippen molar-refractivity contribution in [1.82, 2.24) is 4.57 Å². The second kappa shape index (κ2) is 9.17. The van der Waals surface area contributed by atoms with Gasteiger partial charge in [-0.1, -0.05) is 66.0 Å². The van der Waals surface area contributed by atoms with Gasteiger partial charge in [-0.15, -0.1) is 0 Å². The molecule has 2 heterocycles. The Morgan fingerprint density at radius 1 is 1.18 bits per heavy atom. The summed E-state index contributed by atoms with van der Waals surface area (Å²) in [4.78, 5) is 41.4. The summed E-state index contributed by atoms with van der Waals surface area (Å²) in [5.74, 6) is -0.563. The molecule has 1 aliphatic rings. The summed E-state index contributed by atoms with van der Waals surface area (Å²) in [5.41, 5.74) is 1.77. The van der Waals surface area contributed by atoms with Gasteiger partial charge in [-0.3, -0.25) is 19.5 Å². The molecule has 1 aromatic heterocycles. The maximum Gasteiger partial charge on any atom is 0.338 e. The monoisotopic (exact) mass is 461 g/mol. The number of carbonyl (C=O) groups is 1. The van der Waals surface area contributed by atoms with Gasteiger partial charge in [0, 0.05) is 12.1 Å². The molecule has 0 saturated heterocycles. The van der Waals surface area contributed by atoms with Crippen molar-refractivity contribution in [3.63, 3.8) is 0 Å². The van der Waals surface area contributed by atoms with Crippen LogP contribution in [-0.2, 0) is 9.53 Å². The fraction of sp³-hybridized carbons (Fsp3) is 0.125. The zero-order valence-electron chi connectivity index (χ0n) is 17.8. The van der Waals surface area contributed by atoms with Crippen molar-refractivity contribution < 1.29 is 14.5 Å². The Hall–Kier alpha value is -4.11. The summed E-state index contributed by atoms with van der Waals surface area (Å²) in [6.07, 6.45) is 5.20. The molecule has 0 amide bonds. The number of allylic oxidation sites excluding steroid dienone is 2. The Kier molecular flexibility index (Phi) is 6.14. The Bertz CT molecular complexity index is 1480. The summed E-state index contributed by atoms with van der Waals surface area (Å²) in [6.45, 7) is 1.70. The van der Waals surface area contributed by atoms with Crippen molar-refractivity contribution in [3.8, 4) is 0 Å². The molecule has 0 fully saturated rings. The zero-order valence-corrected chi connectivity index (χ0v) is 18.6. The fourth-order valence-corrected chi connectivity index (χ4v) is 4.62. The van der Waals surface area contributed by atoms with Crippen LogP contribution in [0.1, 0.15) is 24.1 Å². The average molecular weight is 461 g/mol. The number of aromatic nitrogens is 1. The van der Waals surface area contributed by atoms with Crippen LogP contribution < -0.4 is 14.9 Å². The number of nitro benzene ring substituents is 1. The number of methoxy groups -OCH3 is 1. The first-order valence-electron chi connectivity index (χ1n) is 9.97. The quantitative estimate of drug-likeness (QED) is 0.330. The number of nitrogens with zero attached hydrogens (tertiary/aromatic N) is 3.